The Labute approximate surface area is 130 Å². The van der Waals surface area contributed by atoms with Gasteiger partial charge in [0.05, 0.1) is 5.75 Å². The molecule has 5 heteroatoms. The topological polar surface area (TPSA) is 54.4 Å². The third-order valence-corrected chi connectivity index (χ3v) is 4.01. The van der Waals surface area contributed by atoms with Gasteiger partial charge < -0.3 is 0 Å². The van der Waals surface area contributed by atoms with Gasteiger partial charge in [0.15, 0.2) is 0 Å². The molecule has 0 amide bonds. The molecule has 0 unspecified atom stereocenters. The molecule has 0 atom stereocenters. The summed E-state index contributed by atoms with van der Waals surface area (Å²) in [6.45, 7) is 2.14. The third-order valence-electron chi connectivity index (χ3n) is 2.49. The second kappa shape index (κ2) is 11.7. The molecule has 0 saturated carbocycles. The molecule has 0 spiro atoms. The second-order valence-corrected chi connectivity index (χ2v) is 7.17. The molecule has 0 bridgehead atoms. The lowest BCUT2D eigenvalue weighted by Crippen LogP contribution is -2.03. The van der Waals surface area contributed by atoms with E-state index >= 15 is 0 Å². The first-order valence-corrected chi connectivity index (χ1v) is 9.30. The van der Waals surface area contributed by atoms with Crippen LogP contribution in [0.5, 0.6) is 0 Å². The summed E-state index contributed by atoms with van der Waals surface area (Å²) in [4.78, 5) is 0. The van der Waals surface area contributed by atoms with Crippen LogP contribution in [0.1, 0.15) is 45.4 Å². The highest BCUT2D eigenvalue weighted by Gasteiger charge is 2.02. The van der Waals surface area contributed by atoms with Crippen LogP contribution in [-0.2, 0) is 10.1 Å². The van der Waals surface area contributed by atoms with E-state index in [0.29, 0.717) is 6.42 Å². The lowest BCUT2D eigenvalue weighted by Gasteiger charge is -1.98. The highest BCUT2D eigenvalue weighted by molar-refractivity contribution is 14.1. The monoisotopic (exact) mass is 398 g/mol. The minimum Gasteiger partial charge on any atom is -0.286 e. The molecule has 0 aliphatic rings. The highest BCUT2D eigenvalue weighted by Crippen LogP contribution is 2.05. The predicted molar refractivity (Wildman–Crippen MR) is 89.0 cm³/mol. The van der Waals surface area contributed by atoms with Gasteiger partial charge >= 0.3 is 0 Å². The normalized spacial score (nSPS) is 10.7. The van der Waals surface area contributed by atoms with E-state index in [4.69, 9.17) is 4.55 Å². The van der Waals surface area contributed by atoms with Gasteiger partial charge in [0.25, 0.3) is 10.1 Å². The van der Waals surface area contributed by atoms with E-state index in [1.807, 2.05) is 18.2 Å². The molecule has 0 radical (unpaired) electrons. The van der Waals surface area contributed by atoms with Crippen molar-refractivity contribution in [2.45, 2.75) is 45.4 Å². The van der Waals surface area contributed by atoms with Crippen LogP contribution in [0.15, 0.2) is 30.3 Å². The van der Waals surface area contributed by atoms with Gasteiger partial charge in [0, 0.05) is 3.57 Å². The summed E-state index contributed by atoms with van der Waals surface area (Å²) >= 11 is 2.28. The van der Waals surface area contributed by atoms with Crippen LogP contribution in [-0.4, -0.2) is 18.7 Å². The van der Waals surface area contributed by atoms with Crippen molar-refractivity contribution < 1.29 is 13.0 Å². The average Bonchev–Trinajstić information content (AvgIpc) is 2.34. The van der Waals surface area contributed by atoms with Gasteiger partial charge in [0.1, 0.15) is 0 Å². The molecule has 0 fully saturated rings. The van der Waals surface area contributed by atoms with Gasteiger partial charge in [-0.2, -0.15) is 8.42 Å². The molecule has 1 rings (SSSR count). The van der Waals surface area contributed by atoms with E-state index in [1.165, 1.54) is 22.8 Å². The van der Waals surface area contributed by atoms with E-state index < -0.39 is 10.1 Å². The van der Waals surface area contributed by atoms with Gasteiger partial charge in [0.2, 0.25) is 0 Å². The van der Waals surface area contributed by atoms with E-state index in [1.54, 1.807) is 0 Å². The summed E-state index contributed by atoms with van der Waals surface area (Å²) < 4.78 is 30.2. The smallest absolute Gasteiger partial charge is 0.264 e. The molecule has 0 aromatic heterocycles. The summed E-state index contributed by atoms with van der Waals surface area (Å²) in [5.41, 5.74) is 0. The summed E-state index contributed by atoms with van der Waals surface area (Å²) in [6.07, 6.45) is 6.14. The van der Waals surface area contributed by atoms with Crippen molar-refractivity contribution in [3.05, 3.63) is 33.9 Å². The Morgan fingerprint density at radius 2 is 1.53 bits per heavy atom. The zero-order chi connectivity index (χ0) is 14.6. The summed E-state index contributed by atoms with van der Waals surface area (Å²) in [5, 5.41) is 0. The van der Waals surface area contributed by atoms with E-state index in [9.17, 15) is 8.42 Å². The van der Waals surface area contributed by atoms with Crippen molar-refractivity contribution in [2.24, 2.45) is 0 Å². The molecule has 0 saturated heterocycles. The fraction of sp³-hybridized carbons (Fsp3) is 0.571. The Morgan fingerprint density at radius 1 is 1.00 bits per heavy atom. The number of rotatable bonds is 7. The number of halogens is 1. The Bertz CT molecular complexity index is 404. The van der Waals surface area contributed by atoms with Gasteiger partial charge in [-0.15, -0.1) is 0 Å². The summed E-state index contributed by atoms with van der Waals surface area (Å²) in [7, 11) is -3.72. The van der Waals surface area contributed by atoms with Crippen LogP contribution in [0.3, 0.4) is 0 Å². The lowest BCUT2D eigenvalue weighted by molar-refractivity contribution is 0.478. The highest BCUT2D eigenvalue weighted by atomic mass is 127. The first-order chi connectivity index (χ1) is 8.95. The maximum Gasteiger partial charge on any atom is 0.264 e. The van der Waals surface area contributed by atoms with Gasteiger partial charge in [-0.3, -0.25) is 4.55 Å². The minimum absolute atomic E-state index is 0.0842. The maximum absolute atomic E-state index is 10.3. The van der Waals surface area contributed by atoms with Crippen molar-refractivity contribution in [2.75, 3.05) is 5.75 Å². The first-order valence-electron chi connectivity index (χ1n) is 6.61. The van der Waals surface area contributed by atoms with Crippen LogP contribution in [0, 0.1) is 3.57 Å². The molecule has 19 heavy (non-hydrogen) atoms. The molecular formula is C14H23IO3S. The standard InChI is InChI=1S/C8H18O3S.C6H5I/c1-2-3-4-5-6-7-8-12(9,10)11;7-6-4-2-1-3-5-6/h2-8H2,1H3,(H,9,10,11);1-5H. The molecule has 0 aliphatic carbocycles. The molecule has 0 aliphatic heterocycles. The SMILES string of the molecule is CCCCCCCCS(=O)(=O)O.Ic1ccccc1. The van der Waals surface area contributed by atoms with Crippen molar-refractivity contribution in [1.29, 1.82) is 0 Å². The van der Waals surface area contributed by atoms with E-state index in [2.05, 4.69) is 41.6 Å². The quantitative estimate of drug-likeness (QED) is 0.417. The molecule has 1 aromatic rings. The van der Waals surface area contributed by atoms with Gasteiger partial charge in [-0.05, 0) is 41.1 Å². The number of hydrogen-bond donors (Lipinski definition) is 1. The Balaban J connectivity index is 0.000000388. The molecule has 1 N–H and O–H groups in total. The molecule has 110 valence electrons. The van der Waals surface area contributed by atoms with Crippen LogP contribution in [0.2, 0.25) is 0 Å². The van der Waals surface area contributed by atoms with Crippen LogP contribution >= 0.6 is 22.6 Å². The van der Waals surface area contributed by atoms with Gasteiger partial charge in [-0.25, -0.2) is 0 Å². The second-order valence-electron chi connectivity index (χ2n) is 4.35. The van der Waals surface area contributed by atoms with Crippen LogP contribution in [0.4, 0.5) is 0 Å². The fourth-order valence-corrected chi connectivity index (χ4v) is 2.46. The summed E-state index contributed by atoms with van der Waals surface area (Å²) in [5.74, 6) is -0.0842. The largest absolute Gasteiger partial charge is 0.286 e. The van der Waals surface area contributed by atoms with Crippen molar-refractivity contribution in [3.8, 4) is 0 Å². The molecule has 1 aromatic carbocycles. The maximum atomic E-state index is 10.3. The van der Waals surface area contributed by atoms with E-state index in [-0.39, 0.29) is 5.75 Å². The molecule has 0 heterocycles. The fourth-order valence-electron chi connectivity index (χ4n) is 1.48. The van der Waals surface area contributed by atoms with Gasteiger partial charge in [-0.1, -0.05) is 57.2 Å². The zero-order valence-corrected chi connectivity index (χ0v) is 14.4. The number of benzene rings is 1. The molecule has 3 nitrogen and oxygen atoms in total. The Morgan fingerprint density at radius 3 is 1.95 bits per heavy atom. The predicted octanol–water partition coefficient (Wildman–Crippen LogP) is 4.53. The van der Waals surface area contributed by atoms with Crippen molar-refractivity contribution in [1.82, 2.24) is 0 Å². The lowest BCUT2D eigenvalue weighted by atomic mass is 10.1. The van der Waals surface area contributed by atoms with Crippen molar-refractivity contribution >= 4 is 32.7 Å². The minimum atomic E-state index is -3.72. The van der Waals surface area contributed by atoms with Crippen molar-refractivity contribution in [3.63, 3.8) is 0 Å². The number of hydrogen-bond acceptors (Lipinski definition) is 2. The molecular weight excluding hydrogens is 375 g/mol. The Kier molecular flexibility index (Phi) is 11.6. The summed E-state index contributed by atoms with van der Waals surface area (Å²) in [6, 6.07) is 10.2. The Hall–Kier alpha value is -0.140. The average molecular weight is 398 g/mol. The van der Waals surface area contributed by atoms with Crippen LogP contribution in [0.25, 0.3) is 0 Å². The third kappa shape index (κ3) is 15.8. The van der Waals surface area contributed by atoms with E-state index in [0.717, 1.165) is 12.8 Å². The zero-order valence-electron chi connectivity index (χ0n) is 11.4. The number of unbranched alkanes of at least 4 members (excludes halogenated alkanes) is 5. The van der Waals surface area contributed by atoms with Crippen LogP contribution < -0.4 is 0 Å². The first kappa shape index (κ1) is 18.9.